The Morgan fingerprint density at radius 1 is 1.41 bits per heavy atom. The number of rotatable bonds is 8. The topological polar surface area (TPSA) is 84.9 Å². The van der Waals surface area contributed by atoms with Crippen LogP contribution in [0.4, 0.5) is 0 Å². The van der Waals surface area contributed by atoms with E-state index >= 15 is 0 Å². The minimum atomic E-state index is -0.956. The summed E-state index contributed by atoms with van der Waals surface area (Å²) in [7, 11) is 1.49. The molecule has 7 heteroatoms. The molecule has 1 atom stereocenters. The van der Waals surface area contributed by atoms with E-state index in [1.165, 1.54) is 14.0 Å². The Kier molecular flexibility index (Phi) is 7.17. The van der Waals surface area contributed by atoms with Crippen molar-refractivity contribution in [3.63, 3.8) is 0 Å². The number of benzene rings is 1. The molecule has 0 aliphatic heterocycles. The van der Waals surface area contributed by atoms with Gasteiger partial charge in [0.15, 0.2) is 11.5 Å². The molecular weight excluding hydrogens is 354 g/mol. The lowest BCUT2D eigenvalue weighted by Gasteiger charge is -2.14. The smallest absolute Gasteiger partial charge is 0.308 e. The van der Waals surface area contributed by atoms with Crippen LogP contribution in [0.25, 0.3) is 0 Å². The third-order valence-corrected chi connectivity index (χ3v) is 3.52. The summed E-state index contributed by atoms with van der Waals surface area (Å²) in [6, 6.07) is 3.19. The number of carboxylic acid groups (broad SMARTS) is 1. The van der Waals surface area contributed by atoms with Gasteiger partial charge in [0.25, 0.3) is 5.91 Å². The van der Waals surface area contributed by atoms with Crippen LogP contribution in [0.2, 0.25) is 0 Å². The van der Waals surface area contributed by atoms with E-state index in [0.717, 1.165) is 6.42 Å². The molecule has 0 aliphatic carbocycles. The minimum Gasteiger partial charge on any atom is -0.493 e. The molecule has 1 aromatic carbocycles. The standard InChI is InChI=1S/C15H20BrNO5/c1-4-5-22-13-11(16)6-10(7-12(13)21-3)14(18)17-8-9(2)15(19)20/h6-7,9H,4-5,8H2,1-3H3,(H,17,18)(H,19,20). The molecule has 6 nitrogen and oxygen atoms in total. The van der Waals surface area contributed by atoms with E-state index in [9.17, 15) is 9.59 Å². The van der Waals surface area contributed by atoms with Crippen LogP contribution in [-0.4, -0.2) is 37.2 Å². The van der Waals surface area contributed by atoms with Gasteiger partial charge in [0.05, 0.1) is 24.1 Å². The Hall–Kier alpha value is -1.76. The predicted molar refractivity (Wildman–Crippen MR) is 85.6 cm³/mol. The van der Waals surface area contributed by atoms with E-state index in [-0.39, 0.29) is 12.5 Å². The molecule has 0 spiro atoms. The van der Waals surface area contributed by atoms with Crippen LogP contribution in [0.1, 0.15) is 30.6 Å². The quantitative estimate of drug-likeness (QED) is 0.731. The SMILES string of the molecule is CCCOc1c(Br)cc(C(=O)NCC(C)C(=O)O)cc1OC. The Balaban J connectivity index is 2.89. The van der Waals surface area contributed by atoms with Gasteiger partial charge in [0.1, 0.15) is 0 Å². The predicted octanol–water partition coefficient (Wildman–Crippen LogP) is 2.70. The first-order valence-corrected chi connectivity index (χ1v) is 7.71. The van der Waals surface area contributed by atoms with Gasteiger partial charge in [-0.15, -0.1) is 0 Å². The number of methoxy groups -OCH3 is 1. The normalized spacial score (nSPS) is 11.6. The highest BCUT2D eigenvalue weighted by Gasteiger charge is 2.17. The fourth-order valence-electron chi connectivity index (χ4n) is 1.63. The van der Waals surface area contributed by atoms with Crippen LogP contribution < -0.4 is 14.8 Å². The van der Waals surface area contributed by atoms with Crippen LogP contribution in [0.3, 0.4) is 0 Å². The maximum absolute atomic E-state index is 12.1. The second-order valence-electron chi connectivity index (χ2n) is 4.79. The number of ether oxygens (including phenoxy) is 2. The molecular formula is C15H20BrNO5. The lowest BCUT2D eigenvalue weighted by molar-refractivity contribution is -0.140. The molecule has 2 N–H and O–H groups in total. The molecule has 22 heavy (non-hydrogen) atoms. The van der Waals surface area contributed by atoms with Gasteiger partial charge in [-0.3, -0.25) is 9.59 Å². The minimum absolute atomic E-state index is 0.0577. The van der Waals surface area contributed by atoms with Crippen molar-refractivity contribution < 1.29 is 24.2 Å². The van der Waals surface area contributed by atoms with Gasteiger partial charge in [0, 0.05) is 12.1 Å². The fraction of sp³-hybridized carbons (Fsp3) is 0.467. The van der Waals surface area contributed by atoms with Crippen LogP contribution >= 0.6 is 15.9 Å². The van der Waals surface area contributed by atoms with Gasteiger partial charge in [0.2, 0.25) is 0 Å². The molecule has 1 amide bonds. The fourth-order valence-corrected chi connectivity index (χ4v) is 2.19. The summed E-state index contributed by atoms with van der Waals surface area (Å²) in [6.45, 7) is 4.12. The van der Waals surface area contributed by atoms with Gasteiger partial charge in [-0.1, -0.05) is 13.8 Å². The van der Waals surface area contributed by atoms with Gasteiger partial charge in [-0.05, 0) is 34.5 Å². The summed E-state index contributed by atoms with van der Waals surface area (Å²) in [6.07, 6.45) is 0.852. The monoisotopic (exact) mass is 373 g/mol. The van der Waals surface area contributed by atoms with Crippen molar-refractivity contribution in [2.75, 3.05) is 20.3 Å². The summed E-state index contributed by atoms with van der Waals surface area (Å²) in [4.78, 5) is 22.8. The second kappa shape index (κ2) is 8.63. The zero-order valence-electron chi connectivity index (χ0n) is 12.8. The summed E-state index contributed by atoms with van der Waals surface area (Å²) in [5.41, 5.74) is 0.366. The lowest BCUT2D eigenvalue weighted by Crippen LogP contribution is -2.31. The summed E-state index contributed by atoms with van der Waals surface area (Å²) in [5.74, 6) is -0.989. The number of hydrogen-bond acceptors (Lipinski definition) is 4. The molecule has 0 bridgehead atoms. The summed E-state index contributed by atoms with van der Waals surface area (Å²) < 4.78 is 11.4. The first-order valence-electron chi connectivity index (χ1n) is 6.92. The van der Waals surface area contributed by atoms with Gasteiger partial charge in [-0.2, -0.15) is 0 Å². The van der Waals surface area contributed by atoms with E-state index < -0.39 is 11.9 Å². The number of carboxylic acids is 1. The number of hydrogen-bond donors (Lipinski definition) is 2. The van der Waals surface area contributed by atoms with E-state index in [0.29, 0.717) is 28.1 Å². The van der Waals surface area contributed by atoms with Crippen LogP contribution in [0.5, 0.6) is 11.5 Å². The number of carbonyl (C=O) groups excluding carboxylic acids is 1. The summed E-state index contributed by atoms with van der Waals surface area (Å²) in [5, 5.41) is 11.4. The third kappa shape index (κ3) is 4.91. The molecule has 1 unspecified atom stereocenters. The molecule has 0 heterocycles. The number of halogens is 1. The Morgan fingerprint density at radius 3 is 2.64 bits per heavy atom. The second-order valence-corrected chi connectivity index (χ2v) is 5.64. The van der Waals surface area contributed by atoms with Crippen molar-refractivity contribution in [3.8, 4) is 11.5 Å². The molecule has 0 aliphatic rings. The average Bonchev–Trinajstić information content (AvgIpc) is 2.50. The number of nitrogens with one attached hydrogen (secondary N) is 1. The third-order valence-electron chi connectivity index (χ3n) is 2.93. The zero-order chi connectivity index (χ0) is 16.7. The van der Waals surface area contributed by atoms with Gasteiger partial charge in [-0.25, -0.2) is 0 Å². The molecule has 0 aromatic heterocycles. The molecule has 0 fully saturated rings. The van der Waals surface area contributed by atoms with Gasteiger partial charge >= 0.3 is 5.97 Å². The van der Waals surface area contributed by atoms with E-state index in [4.69, 9.17) is 14.6 Å². The number of carbonyl (C=O) groups is 2. The van der Waals surface area contributed by atoms with Crippen molar-refractivity contribution in [1.82, 2.24) is 5.32 Å². The highest BCUT2D eigenvalue weighted by atomic mass is 79.9. The first-order chi connectivity index (χ1) is 10.4. The molecule has 0 saturated heterocycles. The molecule has 122 valence electrons. The van der Waals surface area contributed by atoms with E-state index in [1.807, 2.05) is 6.92 Å². The molecule has 0 radical (unpaired) electrons. The summed E-state index contributed by atoms with van der Waals surface area (Å²) >= 11 is 3.36. The van der Waals surface area contributed by atoms with E-state index in [1.54, 1.807) is 12.1 Å². The van der Waals surface area contributed by atoms with Crippen LogP contribution in [0, 0.1) is 5.92 Å². The van der Waals surface area contributed by atoms with Crippen molar-refractivity contribution in [2.45, 2.75) is 20.3 Å². The maximum atomic E-state index is 12.1. The maximum Gasteiger partial charge on any atom is 0.308 e. The highest BCUT2D eigenvalue weighted by molar-refractivity contribution is 9.10. The van der Waals surface area contributed by atoms with Crippen molar-refractivity contribution in [1.29, 1.82) is 0 Å². The Labute approximate surface area is 137 Å². The van der Waals surface area contributed by atoms with Crippen LogP contribution in [-0.2, 0) is 4.79 Å². The Bertz CT molecular complexity index is 547. The molecule has 1 aromatic rings. The number of aliphatic carboxylic acids is 1. The van der Waals surface area contributed by atoms with Crippen LogP contribution in [0.15, 0.2) is 16.6 Å². The average molecular weight is 374 g/mol. The van der Waals surface area contributed by atoms with E-state index in [2.05, 4.69) is 21.2 Å². The van der Waals surface area contributed by atoms with Crippen molar-refractivity contribution in [3.05, 3.63) is 22.2 Å². The molecule has 1 rings (SSSR count). The first kappa shape index (κ1) is 18.3. The largest absolute Gasteiger partial charge is 0.493 e. The van der Waals surface area contributed by atoms with Crippen molar-refractivity contribution in [2.24, 2.45) is 5.92 Å². The molecule has 0 saturated carbocycles. The lowest BCUT2D eigenvalue weighted by atomic mass is 10.1. The zero-order valence-corrected chi connectivity index (χ0v) is 14.4. The van der Waals surface area contributed by atoms with Crippen molar-refractivity contribution >= 4 is 27.8 Å². The van der Waals surface area contributed by atoms with Gasteiger partial charge < -0.3 is 19.9 Å². The highest BCUT2D eigenvalue weighted by Crippen LogP contribution is 2.36. The Morgan fingerprint density at radius 2 is 2.09 bits per heavy atom. The number of amides is 1.